The number of hydrogen-bond donors (Lipinski definition) is 2. The number of thiazole rings is 1. The Balaban J connectivity index is 2.25. The Morgan fingerprint density at radius 1 is 1.40 bits per heavy atom. The quantitative estimate of drug-likeness (QED) is 0.907. The van der Waals surface area contributed by atoms with Crippen molar-refractivity contribution in [3.8, 4) is 0 Å². The summed E-state index contributed by atoms with van der Waals surface area (Å²) in [6.07, 6.45) is -3.11. The standard InChI is InChI=1S/C12H9F3N2O2S/c13-12(14,15)10-3-7(1-2-9(10)11(18)19)17-5-8-4-16-6-20-8/h1-4,6,17H,5H2,(H,18,19). The molecule has 0 bridgehead atoms. The molecule has 1 aromatic carbocycles. The number of nitrogens with one attached hydrogen (secondary N) is 1. The first-order valence-electron chi connectivity index (χ1n) is 5.43. The molecule has 20 heavy (non-hydrogen) atoms. The molecule has 0 radical (unpaired) electrons. The van der Waals surface area contributed by atoms with Gasteiger partial charge in [0.25, 0.3) is 0 Å². The van der Waals surface area contributed by atoms with E-state index in [1.807, 2.05) is 0 Å². The van der Waals surface area contributed by atoms with Crippen molar-refractivity contribution < 1.29 is 23.1 Å². The van der Waals surface area contributed by atoms with Gasteiger partial charge in [-0.25, -0.2) is 4.79 Å². The predicted molar refractivity (Wildman–Crippen MR) is 67.8 cm³/mol. The van der Waals surface area contributed by atoms with Crippen LogP contribution in [0.1, 0.15) is 20.8 Å². The molecule has 106 valence electrons. The smallest absolute Gasteiger partial charge is 0.417 e. The normalized spacial score (nSPS) is 11.3. The van der Waals surface area contributed by atoms with Gasteiger partial charge in [0.05, 0.1) is 23.2 Å². The van der Waals surface area contributed by atoms with Crippen LogP contribution in [0.15, 0.2) is 29.9 Å². The van der Waals surface area contributed by atoms with E-state index in [0.717, 1.165) is 17.0 Å². The van der Waals surface area contributed by atoms with Gasteiger partial charge < -0.3 is 10.4 Å². The minimum absolute atomic E-state index is 0.204. The van der Waals surface area contributed by atoms with Crippen molar-refractivity contribution in [1.82, 2.24) is 4.98 Å². The minimum Gasteiger partial charge on any atom is -0.478 e. The lowest BCUT2D eigenvalue weighted by Crippen LogP contribution is -2.13. The van der Waals surface area contributed by atoms with Gasteiger partial charge in [-0.15, -0.1) is 11.3 Å². The molecule has 2 rings (SSSR count). The van der Waals surface area contributed by atoms with Crippen molar-refractivity contribution in [2.24, 2.45) is 0 Å². The van der Waals surface area contributed by atoms with Gasteiger partial charge in [-0.3, -0.25) is 4.98 Å². The molecule has 0 aliphatic rings. The zero-order chi connectivity index (χ0) is 14.8. The topological polar surface area (TPSA) is 62.2 Å². The van der Waals surface area contributed by atoms with Crippen LogP contribution in [0.3, 0.4) is 0 Å². The number of benzene rings is 1. The summed E-state index contributed by atoms with van der Waals surface area (Å²) in [5.41, 5.74) is -0.109. The van der Waals surface area contributed by atoms with Crippen LogP contribution >= 0.6 is 11.3 Å². The van der Waals surface area contributed by atoms with Crippen LogP contribution in [0.4, 0.5) is 18.9 Å². The summed E-state index contributed by atoms with van der Waals surface area (Å²) < 4.78 is 38.4. The van der Waals surface area contributed by atoms with E-state index in [1.54, 1.807) is 11.7 Å². The number of aromatic carboxylic acids is 1. The molecule has 4 nitrogen and oxygen atoms in total. The first kappa shape index (κ1) is 14.3. The maximum atomic E-state index is 12.8. The zero-order valence-corrected chi connectivity index (χ0v) is 10.8. The number of halogens is 3. The second kappa shape index (κ2) is 5.49. The number of aromatic nitrogens is 1. The molecule has 8 heteroatoms. The molecule has 0 unspecified atom stereocenters. The molecule has 0 fully saturated rings. The second-order valence-corrected chi connectivity index (χ2v) is 4.86. The molecule has 2 N–H and O–H groups in total. The van der Waals surface area contributed by atoms with Crippen LogP contribution < -0.4 is 5.32 Å². The van der Waals surface area contributed by atoms with E-state index in [9.17, 15) is 18.0 Å². The molecule has 1 aromatic heterocycles. The number of rotatable bonds is 4. The molecule has 0 spiro atoms. The molecule has 0 atom stereocenters. The highest BCUT2D eigenvalue weighted by Gasteiger charge is 2.35. The summed E-state index contributed by atoms with van der Waals surface area (Å²) in [6, 6.07) is 3.05. The second-order valence-electron chi connectivity index (χ2n) is 3.88. The third-order valence-corrected chi connectivity index (χ3v) is 3.29. The number of nitrogens with zero attached hydrogens (tertiary/aromatic N) is 1. The Kier molecular flexibility index (Phi) is 3.93. The Morgan fingerprint density at radius 2 is 2.15 bits per heavy atom. The summed E-state index contributed by atoms with van der Waals surface area (Å²) in [4.78, 5) is 15.5. The van der Waals surface area contributed by atoms with Crippen LogP contribution in [0, 0.1) is 0 Å². The van der Waals surface area contributed by atoms with Gasteiger partial charge in [0.15, 0.2) is 0 Å². The molecule has 2 aromatic rings. The SMILES string of the molecule is O=C(O)c1ccc(NCc2cncs2)cc1C(F)(F)F. The minimum atomic E-state index is -4.71. The Morgan fingerprint density at radius 3 is 2.70 bits per heavy atom. The van der Waals surface area contributed by atoms with Crippen molar-refractivity contribution >= 4 is 23.0 Å². The molecule has 0 saturated carbocycles. The third-order valence-electron chi connectivity index (χ3n) is 2.51. The monoisotopic (exact) mass is 302 g/mol. The molecule has 1 heterocycles. The highest BCUT2D eigenvalue weighted by atomic mass is 32.1. The van der Waals surface area contributed by atoms with Gasteiger partial charge in [-0.2, -0.15) is 13.2 Å². The highest BCUT2D eigenvalue weighted by Crippen LogP contribution is 2.34. The largest absolute Gasteiger partial charge is 0.478 e. The summed E-state index contributed by atoms with van der Waals surface area (Å²) in [5.74, 6) is -1.61. The summed E-state index contributed by atoms with van der Waals surface area (Å²) >= 11 is 1.37. The van der Waals surface area contributed by atoms with Gasteiger partial charge in [-0.1, -0.05) is 0 Å². The van der Waals surface area contributed by atoms with E-state index in [1.165, 1.54) is 17.4 Å². The summed E-state index contributed by atoms with van der Waals surface area (Å²) in [5, 5.41) is 11.6. The molecule has 0 aliphatic heterocycles. The Bertz CT molecular complexity index is 612. The van der Waals surface area contributed by atoms with Gasteiger partial charge in [-0.05, 0) is 18.2 Å². The zero-order valence-electron chi connectivity index (χ0n) is 9.94. The number of hydrogen-bond acceptors (Lipinski definition) is 4. The first-order chi connectivity index (χ1) is 9.38. The molecular formula is C12H9F3N2O2S. The van der Waals surface area contributed by atoms with Crippen LogP contribution in [-0.4, -0.2) is 16.1 Å². The van der Waals surface area contributed by atoms with E-state index in [0.29, 0.717) is 6.54 Å². The third kappa shape index (κ3) is 3.27. The van der Waals surface area contributed by atoms with Crippen LogP contribution in [0.5, 0.6) is 0 Å². The van der Waals surface area contributed by atoms with Gasteiger partial charge in [0.2, 0.25) is 0 Å². The lowest BCUT2D eigenvalue weighted by molar-refractivity contribution is -0.138. The van der Waals surface area contributed by atoms with Gasteiger partial charge in [0.1, 0.15) is 0 Å². The maximum absolute atomic E-state index is 12.8. The van der Waals surface area contributed by atoms with E-state index in [2.05, 4.69) is 10.3 Å². The number of carboxylic acid groups (broad SMARTS) is 1. The lowest BCUT2D eigenvalue weighted by atomic mass is 10.1. The van der Waals surface area contributed by atoms with Crippen LogP contribution in [0.2, 0.25) is 0 Å². The number of carboxylic acids is 1. The fourth-order valence-corrected chi connectivity index (χ4v) is 2.13. The average molecular weight is 302 g/mol. The van der Waals surface area contributed by atoms with Crippen molar-refractivity contribution in [3.63, 3.8) is 0 Å². The Labute approximate surface area is 115 Å². The fraction of sp³-hybridized carbons (Fsp3) is 0.167. The van der Waals surface area contributed by atoms with Gasteiger partial charge in [0, 0.05) is 16.8 Å². The number of alkyl halides is 3. The number of anilines is 1. The molecule has 0 aliphatic carbocycles. The van der Waals surface area contributed by atoms with Crippen LogP contribution in [-0.2, 0) is 12.7 Å². The molecule has 0 amide bonds. The van der Waals surface area contributed by atoms with Crippen molar-refractivity contribution in [2.75, 3.05) is 5.32 Å². The first-order valence-corrected chi connectivity index (χ1v) is 6.31. The fourth-order valence-electron chi connectivity index (χ4n) is 1.59. The van der Waals surface area contributed by atoms with Crippen molar-refractivity contribution in [3.05, 3.63) is 45.9 Å². The van der Waals surface area contributed by atoms with Crippen molar-refractivity contribution in [1.29, 1.82) is 0 Å². The molecule has 0 saturated heterocycles. The number of carbonyl (C=O) groups is 1. The predicted octanol–water partition coefficient (Wildman–Crippen LogP) is 3.47. The summed E-state index contributed by atoms with van der Waals surface area (Å²) in [6.45, 7) is 0.328. The van der Waals surface area contributed by atoms with Gasteiger partial charge >= 0.3 is 12.1 Å². The highest BCUT2D eigenvalue weighted by molar-refractivity contribution is 7.09. The van der Waals surface area contributed by atoms with E-state index in [-0.39, 0.29) is 5.69 Å². The maximum Gasteiger partial charge on any atom is 0.417 e. The Hall–Kier alpha value is -2.09. The van der Waals surface area contributed by atoms with E-state index >= 15 is 0 Å². The van der Waals surface area contributed by atoms with Crippen molar-refractivity contribution in [2.45, 2.75) is 12.7 Å². The summed E-state index contributed by atoms with van der Waals surface area (Å²) in [7, 11) is 0. The lowest BCUT2D eigenvalue weighted by Gasteiger charge is -2.13. The average Bonchev–Trinajstić information content (AvgIpc) is 2.88. The van der Waals surface area contributed by atoms with E-state index in [4.69, 9.17) is 5.11 Å². The molecular weight excluding hydrogens is 293 g/mol. The van der Waals surface area contributed by atoms with Crippen LogP contribution in [0.25, 0.3) is 0 Å². The van der Waals surface area contributed by atoms with E-state index < -0.39 is 23.3 Å².